The number of primary amides is 1. The number of amides is 1. The van der Waals surface area contributed by atoms with Crippen LogP contribution < -0.4 is 20.9 Å². The molecule has 1 saturated heterocycles. The molecule has 0 radical (unpaired) electrons. The number of carbonyl (C=O) groups excluding carboxylic acids is 2. The van der Waals surface area contributed by atoms with Crippen LogP contribution in [0.5, 0.6) is 11.5 Å². The fourth-order valence-corrected chi connectivity index (χ4v) is 9.60. The van der Waals surface area contributed by atoms with E-state index in [4.69, 9.17) is 30.4 Å². The van der Waals surface area contributed by atoms with Crippen LogP contribution in [-0.2, 0) is 30.9 Å². The predicted molar refractivity (Wildman–Crippen MR) is 142 cm³/mol. The topological polar surface area (TPSA) is 126 Å². The number of carbonyl (C=O) groups is 2. The Hall–Kier alpha value is -2.36. The van der Waals surface area contributed by atoms with Crippen molar-refractivity contribution in [2.75, 3.05) is 33.9 Å². The second kappa shape index (κ2) is 8.82. The first kappa shape index (κ1) is 25.6. The predicted octanol–water partition coefficient (Wildman–Crippen LogP) is 2.06. The lowest BCUT2D eigenvalue weighted by Crippen LogP contribution is -2.81. The van der Waals surface area contributed by atoms with Gasteiger partial charge in [-0.05, 0) is 75.5 Å². The van der Waals surface area contributed by atoms with E-state index in [0.29, 0.717) is 6.04 Å². The lowest BCUT2D eigenvalue weighted by atomic mass is 9.35. The molecule has 9 nitrogen and oxygen atoms in total. The summed E-state index contributed by atoms with van der Waals surface area (Å²) in [5, 5.41) is 0. The molecule has 2 heterocycles. The van der Waals surface area contributed by atoms with E-state index in [1.165, 1.54) is 30.5 Å². The summed E-state index contributed by atoms with van der Waals surface area (Å²) in [6.07, 6.45) is 7.68. The molecular weight excluding hydrogens is 498 g/mol. The number of rotatable bonds is 10. The summed E-state index contributed by atoms with van der Waals surface area (Å²) in [7, 11) is 3.50. The first-order valence-electron chi connectivity index (χ1n) is 14.7. The second-order valence-electron chi connectivity index (χ2n) is 13.0. The van der Waals surface area contributed by atoms with E-state index in [0.717, 1.165) is 56.1 Å². The summed E-state index contributed by atoms with van der Waals surface area (Å²) in [4.78, 5) is 26.8. The highest BCUT2D eigenvalue weighted by molar-refractivity contribution is 5.78. The quantitative estimate of drug-likeness (QED) is 0.433. The van der Waals surface area contributed by atoms with Gasteiger partial charge in [-0.3, -0.25) is 14.5 Å². The maximum Gasteiger partial charge on any atom is 0.322 e. The third kappa shape index (κ3) is 3.36. The molecular formula is C30H41N3O6. The Morgan fingerprint density at radius 3 is 2.74 bits per heavy atom. The van der Waals surface area contributed by atoms with Gasteiger partial charge in [0.15, 0.2) is 11.5 Å². The van der Waals surface area contributed by atoms with E-state index in [9.17, 15) is 9.59 Å². The van der Waals surface area contributed by atoms with Crippen LogP contribution in [-0.4, -0.2) is 74.5 Å². The number of methoxy groups -OCH3 is 2. The maximum absolute atomic E-state index is 12.8. The van der Waals surface area contributed by atoms with E-state index in [2.05, 4.69) is 17.0 Å². The van der Waals surface area contributed by atoms with Gasteiger partial charge in [-0.2, -0.15) is 0 Å². The summed E-state index contributed by atoms with van der Waals surface area (Å²) in [6, 6.07) is 3.88. The van der Waals surface area contributed by atoms with E-state index < -0.39 is 23.5 Å². The van der Waals surface area contributed by atoms with Crippen molar-refractivity contribution >= 4 is 11.9 Å². The molecule has 1 amide bonds. The molecule has 39 heavy (non-hydrogen) atoms. The van der Waals surface area contributed by atoms with Gasteiger partial charge < -0.3 is 30.4 Å². The van der Waals surface area contributed by atoms with Gasteiger partial charge in [0, 0.05) is 48.4 Å². The fourth-order valence-electron chi connectivity index (χ4n) is 9.60. The van der Waals surface area contributed by atoms with Crippen LogP contribution in [0.1, 0.15) is 62.5 Å². The molecule has 8 rings (SSSR count). The zero-order valence-electron chi connectivity index (χ0n) is 23.1. The Bertz CT molecular complexity index is 1200. The first-order chi connectivity index (χ1) is 18.8. The average Bonchev–Trinajstić information content (AvgIpc) is 3.68. The number of ether oxygens (including phenoxy) is 4. The molecule has 7 aliphatic rings. The number of nitrogens with two attached hydrogens (primary N) is 2. The Balaban J connectivity index is 1.27. The molecule has 1 aromatic carbocycles. The SMILES string of the molecule is COc1ccc2c3c1O[C@H]1C4(OC)CCC5(C[C@@H]4COC(=O)[C@@H](N)CCC(N)=O)[C@@H](C2)N(CC2CC2)CCC315. The van der Waals surface area contributed by atoms with Crippen molar-refractivity contribution in [3.05, 3.63) is 23.3 Å². The Morgan fingerprint density at radius 1 is 1.21 bits per heavy atom. The third-order valence-electron chi connectivity index (χ3n) is 11.4. The monoisotopic (exact) mass is 539 g/mol. The van der Waals surface area contributed by atoms with Crippen LogP contribution >= 0.6 is 0 Å². The lowest BCUT2D eigenvalue weighted by Gasteiger charge is -2.73. The van der Waals surface area contributed by atoms with Crippen molar-refractivity contribution in [1.82, 2.24) is 4.90 Å². The second-order valence-corrected chi connectivity index (χ2v) is 13.0. The number of hydrogen-bond donors (Lipinski definition) is 2. The smallest absolute Gasteiger partial charge is 0.322 e. The molecule has 4 bridgehead atoms. The highest BCUT2D eigenvalue weighted by Crippen LogP contribution is 2.76. The number of nitrogens with zero attached hydrogens (tertiary/aromatic N) is 1. The van der Waals surface area contributed by atoms with Crippen molar-refractivity contribution in [2.45, 2.75) is 87.0 Å². The van der Waals surface area contributed by atoms with Crippen LogP contribution in [0.2, 0.25) is 0 Å². The average molecular weight is 540 g/mol. The molecule has 212 valence electrons. The molecule has 3 unspecified atom stereocenters. The zero-order chi connectivity index (χ0) is 27.2. The van der Waals surface area contributed by atoms with Crippen molar-refractivity contribution < 1.29 is 28.5 Å². The number of esters is 1. The van der Waals surface area contributed by atoms with Gasteiger partial charge in [0.2, 0.25) is 5.91 Å². The number of fused-ring (bicyclic) bond motifs is 2. The van der Waals surface area contributed by atoms with Gasteiger partial charge in [0.25, 0.3) is 0 Å². The Kier molecular flexibility index (Phi) is 5.79. The van der Waals surface area contributed by atoms with Crippen LogP contribution in [0.15, 0.2) is 12.1 Å². The normalized spacial score (nSPS) is 38.1. The fraction of sp³-hybridized carbons (Fsp3) is 0.733. The van der Waals surface area contributed by atoms with Crippen molar-refractivity contribution in [2.24, 2.45) is 28.7 Å². The summed E-state index contributed by atoms with van der Waals surface area (Å²) < 4.78 is 25.2. The molecule has 7 atom stereocenters. The molecule has 4 N–H and O–H groups in total. The van der Waals surface area contributed by atoms with E-state index >= 15 is 0 Å². The van der Waals surface area contributed by atoms with Crippen molar-refractivity contribution in [3.8, 4) is 11.5 Å². The first-order valence-corrected chi connectivity index (χ1v) is 14.7. The van der Waals surface area contributed by atoms with Crippen molar-refractivity contribution in [1.29, 1.82) is 0 Å². The van der Waals surface area contributed by atoms with Crippen LogP contribution in [0.3, 0.4) is 0 Å². The zero-order valence-corrected chi connectivity index (χ0v) is 23.1. The number of piperidine rings is 1. The van der Waals surface area contributed by atoms with Gasteiger partial charge in [-0.25, -0.2) is 0 Å². The van der Waals surface area contributed by atoms with Gasteiger partial charge in [0.1, 0.15) is 17.7 Å². The number of hydrogen-bond acceptors (Lipinski definition) is 8. The molecule has 2 spiro atoms. The molecule has 9 heteroatoms. The Morgan fingerprint density at radius 2 is 2.03 bits per heavy atom. The molecule has 2 aliphatic heterocycles. The van der Waals surface area contributed by atoms with Crippen LogP contribution in [0.25, 0.3) is 0 Å². The summed E-state index contributed by atoms with van der Waals surface area (Å²) >= 11 is 0. The van der Waals surface area contributed by atoms with E-state index in [1.807, 2.05) is 0 Å². The summed E-state index contributed by atoms with van der Waals surface area (Å²) in [5.74, 6) is 1.52. The molecule has 4 saturated carbocycles. The number of benzene rings is 1. The van der Waals surface area contributed by atoms with Crippen LogP contribution in [0, 0.1) is 17.3 Å². The highest BCUT2D eigenvalue weighted by atomic mass is 16.6. The third-order valence-corrected chi connectivity index (χ3v) is 11.4. The summed E-state index contributed by atoms with van der Waals surface area (Å²) in [6.45, 7) is 2.48. The van der Waals surface area contributed by atoms with Gasteiger partial charge >= 0.3 is 5.97 Å². The molecule has 5 fully saturated rings. The summed E-state index contributed by atoms with van der Waals surface area (Å²) in [5.41, 5.74) is 13.3. The van der Waals surface area contributed by atoms with Crippen LogP contribution in [0.4, 0.5) is 0 Å². The largest absolute Gasteiger partial charge is 0.493 e. The minimum absolute atomic E-state index is 0.0147. The van der Waals surface area contributed by atoms with Gasteiger partial charge in [0.05, 0.1) is 13.7 Å². The lowest BCUT2D eigenvalue weighted by molar-refractivity contribution is -0.282. The number of likely N-dealkylation sites (tertiary alicyclic amines) is 1. The van der Waals surface area contributed by atoms with Gasteiger partial charge in [-0.1, -0.05) is 6.07 Å². The maximum atomic E-state index is 12.8. The highest BCUT2D eigenvalue weighted by Gasteiger charge is 2.80. The molecule has 0 aromatic heterocycles. The Labute approximate surface area is 229 Å². The van der Waals surface area contributed by atoms with E-state index in [-0.39, 0.29) is 42.3 Å². The minimum atomic E-state index is -0.872. The molecule has 1 aromatic rings. The standard InChI is InChI=1S/C30H41N3O6/c1-36-21-7-5-18-13-22-28-9-10-30(37-2,19(14-28)16-38-26(35)20(31)6-8-23(32)34)27-29(28,24(18)25(21)39-27)11-12-33(22)15-17-3-4-17/h5,7,17,19-20,22,27H,3-4,6,8-16,31H2,1-2H3,(H2,32,34)/t19-,20+,22-,27-,28?,29?,30?/m1/s1. The minimum Gasteiger partial charge on any atom is -0.493 e. The van der Waals surface area contributed by atoms with Gasteiger partial charge in [-0.15, -0.1) is 0 Å². The van der Waals surface area contributed by atoms with Crippen molar-refractivity contribution in [3.63, 3.8) is 0 Å². The van der Waals surface area contributed by atoms with E-state index in [1.54, 1.807) is 14.2 Å². The molecule has 5 aliphatic carbocycles.